The van der Waals surface area contributed by atoms with Gasteiger partial charge < -0.3 is 4.74 Å². The van der Waals surface area contributed by atoms with Crippen molar-refractivity contribution in [3.8, 4) is 5.75 Å². The maximum Gasteiger partial charge on any atom is 0.160 e. The van der Waals surface area contributed by atoms with Crippen molar-refractivity contribution in [2.75, 3.05) is 7.11 Å². The highest BCUT2D eigenvalue weighted by atomic mass is 16.5. The van der Waals surface area contributed by atoms with Crippen molar-refractivity contribution in [3.05, 3.63) is 36.2 Å². The van der Waals surface area contributed by atoms with Crippen LogP contribution in [0.2, 0.25) is 0 Å². The van der Waals surface area contributed by atoms with Crippen LogP contribution in [0.5, 0.6) is 5.75 Å². The van der Waals surface area contributed by atoms with Crippen LogP contribution in [-0.2, 0) is 0 Å². The molecule has 0 aliphatic rings. The standard InChI is InChI=1S/C12H11NO2/c1-8(14)9-3-4-12(15-2)11-7-13-6-5-10(9)11/h3-7H,1-2H3. The molecule has 0 bridgehead atoms. The van der Waals surface area contributed by atoms with Crippen molar-refractivity contribution < 1.29 is 9.53 Å². The first kappa shape index (κ1) is 9.65. The van der Waals surface area contributed by atoms with Gasteiger partial charge in [0.05, 0.1) is 7.11 Å². The lowest BCUT2D eigenvalue weighted by molar-refractivity contribution is 0.101. The molecule has 0 saturated heterocycles. The first-order chi connectivity index (χ1) is 7.24. The van der Waals surface area contributed by atoms with E-state index in [2.05, 4.69) is 4.98 Å². The van der Waals surface area contributed by atoms with Gasteiger partial charge in [-0.15, -0.1) is 0 Å². The van der Waals surface area contributed by atoms with E-state index in [9.17, 15) is 4.79 Å². The third-order valence-electron chi connectivity index (χ3n) is 2.38. The highest BCUT2D eigenvalue weighted by Gasteiger charge is 2.08. The van der Waals surface area contributed by atoms with E-state index in [0.717, 1.165) is 16.5 Å². The molecule has 1 aromatic carbocycles. The van der Waals surface area contributed by atoms with Gasteiger partial charge in [-0.25, -0.2) is 0 Å². The van der Waals surface area contributed by atoms with Crippen LogP contribution in [0, 0.1) is 0 Å². The Bertz CT molecular complexity index is 520. The molecule has 0 radical (unpaired) electrons. The van der Waals surface area contributed by atoms with Gasteiger partial charge in [0, 0.05) is 23.3 Å². The number of hydrogen-bond donors (Lipinski definition) is 0. The van der Waals surface area contributed by atoms with E-state index in [1.165, 1.54) is 0 Å². The molecule has 0 fully saturated rings. The molecule has 2 aromatic rings. The van der Waals surface area contributed by atoms with Gasteiger partial charge in [0.25, 0.3) is 0 Å². The van der Waals surface area contributed by atoms with E-state index in [1.54, 1.807) is 38.6 Å². The molecule has 15 heavy (non-hydrogen) atoms. The number of aromatic nitrogens is 1. The molecule has 2 rings (SSSR count). The number of ketones is 1. The Morgan fingerprint density at radius 2 is 2.07 bits per heavy atom. The van der Waals surface area contributed by atoms with E-state index < -0.39 is 0 Å². The van der Waals surface area contributed by atoms with E-state index in [0.29, 0.717) is 5.56 Å². The SMILES string of the molecule is COc1ccc(C(C)=O)c2ccncc12. The van der Waals surface area contributed by atoms with Crippen LogP contribution in [0.15, 0.2) is 30.6 Å². The van der Waals surface area contributed by atoms with Gasteiger partial charge in [0.15, 0.2) is 5.78 Å². The average Bonchev–Trinajstić information content (AvgIpc) is 2.27. The Labute approximate surface area is 87.7 Å². The van der Waals surface area contributed by atoms with Crippen molar-refractivity contribution in [1.29, 1.82) is 0 Å². The Morgan fingerprint density at radius 3 is 2.73 bits per heavy atom. The summed E-state index contributed by atoms with van der Waals surface area (Å²) in [5, 5.41) is 1.75. The fourth-order valence-electron chi connectivity index (χ4n) is 1.65. The van der Waals surface area contributed by atoms with Crippen molar-refractivity contribution in [1.82, 2.24) is 4.98 Å². The summed E-state index contributed by atoms with van der Waals surface area (Å²) in [5.74, 6) is 0.789. The van der Waals surface area contributed by atoms with Gasteiger partial charge >= 0.3 is 0 Å². The van der Waals surface area contributed by atoms with Crippen molar-refractivity contribution in [3.63, 3.8) is 0 Å². The predicted molar refractivity (Wildman–Crippen MR) is 58.3 cm³/mol. The van der Waals surface area contributed by atoms with Crippen molar-refractivity contribution in [2.24, 2.45) is 0 Å². The minimum absolute atomic E-state index is 0.0499. The molecular formula is C12H11NO2. The van der Waals surface area contributed by atoms with E-state index >= 15 is 0 Å². The number of carbonyl (C=O) groups excluding carboxylic acids is 1. The molecule has 0 spiro atoms. The van der Waals surface area contributed by atoms with Gasteiger partial charge in [-0.05, 0) is 30.5 Å². The van der Waals surface area contributed by atoms with Crippen molar-refractivity contribution >= 4 is 16.6 Å². The summed E-state index contributed by atoms with van der Waals surface area (Å²) in [6, 6.07) is 5.40. The average molecular weight is 201 g/mol. The van der Waals surface area contributed by atoms with Gasteiger partial charge in [-0.2, -0.15) is 0 Å². The summed E-state index contributed by atoms with van der Waals surface area (Å²) in [6.45, 7) is 1.56. The van der Waals surface area contributed by atoms with Crippen LogP contribution in [0.3, 0.4) is 0 Å². The Kier molecular flexibility index (Phi) is 2.37. The normalized spacial score (nSPS) is 10.3. The number of ether oxygens (including phenoxy) is 1. The fourth-order valence-corrected chi connectivity index (χ4v) is 1.65. The number of Topliss-reactive ketones (excluding diaryl/α,β-unsaturated/α-hetero) is 1. The van der Waals surface area contributed by atoms with Gasteiger partial charge in [0.1, 0.15) is 5.75 Å². The Balaban J connectivity index is 2.83. The molecular weight excluding hydrogens is 190 g/mol. The predicted octanol–water partition coefficient (Wildman–Crippen LogP) is 2.45. The molecule has 76 valence electrons. The molecule has 0 amide bonds. The number of methoxy groups -OCH3 is 1. The van der Waals surface area contributed by atoms with Gasteiger partial charge in [-0.3, -0.25) is 9.78 Å². The highest BCUT2D eigenvalue weighted by Crippen LogP contribution is 2.27. The summed E-state index contributed by atoms with van der Waals surface area (Å²) >= 11 is 0. The topological polar surface area (TPSA) is 39.2 Å². The minimum atomic E-state index is 0.0499. The van der Waals surface area contributed by atoms with E-state index in [-0.39, 0.29) is 5.78 Å². The zero-order valence-corrected chi connectivity index (χ0v) is 8.65. The summed E-state index contributed by atoms with van der Waals surface area (Å²) in [7, 11) is 1.61. The summed E-state index contributed by atoms with van der Waals surface area (Å²) < 4.78 is 5.21. The number of carbonyl (C=O) groups is 1. The second-order valence-electron chi connectivity index (χ2n) is 3.29. The molecule has 1 aromatic heterocycles. The molecule has 0 atom stereocenters. The van der Waals surface area contributed by atoms with E-state index in [1.807, 2.05) is 6.07 Å². The number of fused-ring (bicyclic) bond motifs is 1. The molecule has 0 unspecified atom stereocenters. The number of rotatable bonds is 2. The molecule has 0 aliphatic carbocycles. The quantitative estimate of drug-likeness (QED) is 0.700. The van der Waals surface area contributed by atoms with Gasteiger partial charge in [-0.1, -0.05) is 0 Å². The summed E-state index contributed by atoms with van der Waals surface area (Å²) in [4.78, 5) is 15.4. The maximum atomic E-state index is 11.4. The molecule has 3 heteroatoms. The van der Waals surface area contributed by atoms with Crippen LogP contribution in [-0.4, -0.2) is 17.9 Å². The van der Waals surface area contributed by atoms with Crippen molar-refractivity contribution in [2.45, 2.75) is 6.92 Å². The lowest BCUT2D eigenvalue weighted by atomic mass is 10.0. The Morgan fingerprint density at radius 1 is 1.27 bits per heavy atom. The van der Waals surface area contributed by atoms with Crippen LogP contribution >= 0.6 is 0 Å². The lowest BCUT2D eigenvalue weighted by Gasteiger charge is -2.07. The molecule has 0 N–H and O–H groups in total. The molecule has 0 aliphatic heterocycles. The Hall–Kier alpha value is -1.90. The third kappa shape index (κ3) is 1.56. The van der Waals surface area contributed by atoms with E-state index in [4.69, 9.17) is 4.74 Å². The zero-order chi connectivity index (χ0) is 10.8. The van der Waals surface area contributed by atoms with Crippen LogP contribution < -0.4 is 4.74 Å². The molecule has 3 nitrogen and oxygen atoms in total. The second kappa shape index (κ2) is 3.69. The van der Waals surface area contributed by atoms with Crippen LogP contribution in [0.1, 0.15) is 17.3 Å². The molecule has 1 heterocycles. The summed E-state index contributed by atoms with van der Waals surface area (Å²) in [5.41, 5.74) is 0.702. The number of pyridine rings is 1. The van der Waals surface area contributed by atoms with Gasteiger partial charge in [0.2, 0.25) is 0 Å². The summed E-state index contributed by atoms with van der Waals surface area (Å²) in [6.07, 6.45) is 3.38. The molecule has 0 saturated carbocycles. The first-order valence-corrected chi connectivity index (χ1v) is 4.65. The smallest absolute Gasteiger partial charge is 0.160 e. The highest BCUT2D eigenvalue weighted by molar-refractivity contribution is 6.08. The number of benzene rings is 1. The third-order valence-corrected chi connectivity index (χ3v) is 2.38. The monoisotopic (exact) mass is 201 g/mol. The number of hydrogen-bond acceptors (Lipinski definition) is 3. The maximum absolute atomic E-state index is 11.4. The second-order valence-corrected chi connectivity index (χ2v) is 3.29. The lowest BCUT2D eigenvalue weighted by Crippen LogP contribution is -1.95. The zero-order valence-electron chi connectivity index (χ0n) is 8.65. The first-order valence-electron chi connectivity index (χ1n) is 4.65. The minimum Gasteiger partial charge on any atom is -0.496 e. The largest absolute Gasteiger partial charge is 0.496 e. The number of nitrogens with zero attached hydrogens (tertiary/aromatic N) is 1. The van der Waals surface area contributed by atoms with Crippen LogP contribution in [0.4, 0.5) is 0 Å². The van der Waals surface area contributed by atoms with Crippen LogP contribution in [0.25, 0.3) is 10.8 Å². The fraction of sp³-hybridized carbons (Fsp3) is 0.167.